The van der Waals surface area contributed by atoms with Crippen LogP contribution in [0.15, 0.2) is 42.5 Å². The van der Waals surface area contributed by atoms with Crippen molar-refractivity contribution in [1.29, 1.82) is 0 Å². The summed E-state index contributed by atoms with van der Waals surface area (Å²) in [6, 6.07) is 15.9. The lowest BCUT2D eigenvalue weighted by molar-refractivity contribution is 0.414. The van der Waals surface area contributed by atoms with Gasteiger partial charge in [0, 0.05) is 29.4 Å². The van der Waals surface area contributed by atoms with Gasteiger partial charge in [0.2, 0.25) is 0 Å². The second kappa shape index (κ2) is 10.4. The highest BCUT2D eigenvalue weighted by molar-refractivity contribution is 5.85. The van der Waals surface area contributed by atoms with E-state index in [4.69, 9.17) is 14.8 Å². The van der Waals surface area contributed by atoms with E-state index in [0.717, 1.165) is 42.0 Å². The van der Waals surface area contributed by atoms with E-state index in [2.05, 4.69) is 66.6 Å². The van der Waals surface area contributed by atoms with Crippen molar-refractivity contribution in [2.75, 3.05) is 12.0 Å². The summed E-state index contributed by atoms with van der Waals surface area (Å²) in [6.07, 6.45) is 8.40. The first-order valence-corrected chi connectivity index (χ1v) is 13.4. The SMILES string of the molecule is COc1ccc(-c2c(C)nn3c(N(Cc4ccc(C)cc4)C4CCCC4)c4c(nc23)CCC4)c(C)c1.Cl. The minimum absolute atomic E-state index is 0. The molecule has 0 atom stereocenters. The Bertz CT molecular complexity index is 1420. The maximum Gasteiger partial charge on any atom is 0.165 e. The fraction of sp³-hybridized carbons (Fsp3) is 0.419. The van der Waals surface area contributed by atoms with E-state index in [9.17, 15) is 0 Å². The van der Waals surface area contributed by atoms with E-state index in [-0.39, 0.29) is 12.4 Å². The number of halogens is 1. The molecule has 6 heteroatoms. The minimum atomic E-state index is 0. The normalized spacial score (nSPS) is 15.1. The molecule has 1 saturated carbocycles. The van der Waals surface area contributed by atoms with Crippen molar-refractivity contribution < 1.29 is 4.74 Å². The monoisotopic (exact) mass is 516 g/mol. The van der Waals surface area contributed by atoms with Gasteiger partial charge >= 0.3 is 0 Å². The van der Waals surface area contributed by atoms with E-state index in [0.29, 0.717) is 6.04 Å². The Hall–Kier alpha value is -3.05. The molecule has 0 amide bonds. The molecule has 6 rings (SSSR count). The lowest BCUT2D eigenvalue weighted by Gasteiger charge is -2.33. The zero-order valence-corrected chi connectivity index (χ0v) is 23.2. The van der Waals surface area contributed by atoms with Crippen molar-refractivity contribution in [3.63, 3.8) is 0 Å². The molecule has 0 saturated heterocycles. The van der Waals surface area contributed by atoms with E-state index < -0.39 is 0 Å². The van der Waals surface area contributed by atoms with Gasteiger partial charge in [-0.3, -0.25) is 0 Å². The summed E-state index contributed by atoms with van der Waals surface area (Å²) < 4.78 is 7.66. The Kier molecular flexibility index (Phi) is 7.17. The molecule has 2 aliphatic carbocycles. The third-order valence-corrected chi connectivity index (χ3v) is 8.15. The number of methoxy groups -OCH3 is 1. The van der Waals surface area contributed by atoms with Crippen LogP contribution >= 0.6 is 12.4 Å². The van der Waals surface area contributed by atoms with Gasteiger partial charge in [-0.2, -0.15) is 9.61 Å². The molecular weight excluding hydrogens is 480 g/mol. The zero-order chi connectivity index (χ0) is 24.8. The van der Waals surface area contributed by atoms with Crippen LogP contribution in [0.1, 0.15) is 65.7 Å². The van der Waals surface area contributed by atoms with E-state index in [1.807, 2.05) is 6.07 Å². The van der Waals surface area contributed by atoms with Gasteiger partial charge in [-0.15, -0.1) is 12.4 Å². The highest BCUT2D eigenvalue weighted by Crippen LogP contribution is 2.40. The number of aromatic nitrogens is 3. The van der Waals surface area contributed by atoms with Gasteiger partial charge in [-0.05, 0) is 81.7 Å². The molecule has 2 heterocycles. The van der Waals surface area contributed by atoms with Crippen LogP contribution in [0.5, 0.6) is 5.75 Å². The fourth-order valence-electron chi connectivity index (χ4n) is 6.25. The molecule has 4 aromatic rings. The van der Waals surface area contributed by atoms with Crippen LogP contribution in [-0.2, 0) is 19.4 Å². The maximum atomic E-state index is 5.47. The van der Waals surface area contributed by atoms with Gasteiger partial charge in [-0.1, -0.05) is 48.7 Å². The van der Waals surface area contributed by atoms with Gasteiger partial charge in [0.15, 0.2) is 5.65 Å². The number of hydrogen-bond donors (Lipinski definition) is 0. The van der Waals surface area contributed by atoms with Crippen LogP contribution in [0.3, 0.4) is 0 Å². The van der Waals surface area contributed by atoms with Crippen LogP contribution < -0.4 is 9.64 Å². The summed E-state index contributed by atoms with van der Waals surface area (Å²) in [5, 5.41) is 5.18. The van der Waals surface area contributed by atoms with Crippen molar-refractivity contribution in [3.05, 3.63) is 76.1 Å². The summed E-state index contributed by atoms with van der Waals surface area (Å²) in [4.78, 5) is 7.94. The van der Waals surface area contributed by atoms with Gasteiger partial charge in [0.1, 0.15) is 11.6 Å². The molecule has 2 aromatic carbocycles. The number of benzene rings is 2. The second-order valence-electron chi connectivity index (χ2n) is 10.6. The molecular formula is C31H37ClN4O. The second-order valence-corrected chi connectivity index (χ2v) is 10.6. The predicted octanol–water partition coefficient (Wildman–Crippen LogP) is 7.19. The van der Waals surface area contributed by atoms with Crippen LogP contribution in [0.2, 0.25) is 0 Å². The third-order valence-electron chi connectivity index (χ3n) is 8.15. The molecule has 0 N–H and O–H groups in total. The highest BCUT2D eigenvalue weighted by Gasteiger charge is 2.32. The molecule has 194 valence electrons. The van der Waals surface area contributed by atoms with Crippen LogP contribution in [0.25, 0.3) is 16.8 Å². The number of fused-ring (bicyclic) bond motifs is 2. The first-order valence-electron chi connectivity index (χ1n) is 13.4. The summed E-state index contributed by atoms with van der Waals surface area (Å²) >= 11 is 0. The Labute approximate surface area is 226 Å². The number of rotatable bonds is 6. The Morgan fingerprint density at radius 3 is 2.43 bits per heavy atom. The molecule has 0 spiro atoms. The zero-order valence-electron chi connectivity index (χ0n) is 22.4. The molecule has 5 nitrogen and oxygen atoms in total. The first kappa shape index (κ1) is 25.6. The largest absolute Gasteiger partial charge is 0.497 e. The lowest BCUT2D eigenvalue weighted by Crippen LogP contribution is -2.35. The smallest absolute Gasteiger partial charge is 0.165 e. The van der Waals surface area contributed by atoms with E-state index >= 15 is 0 Å². The molecule has 0 unspecified atom stereocenters. The van der Waals surface area contributed by atoms with Gasteiger partial charge in [0.05, 0.1) is 12.8 Å². The van der Waals surface area contributed by atoms with E-state index in [1.54, 1.807) is 7.11 Å². The maximum absolute atomic E-state index is 5.47. The summed E-state index contributed by atoms with van der Waals surface area (Å²) in [5.41, 5.74) is 10.9. The fourth-order valence-corrected chi connectivity index (χ4v) is 6.25. The molecule has 0 radical (unpaired) electrons. The van der Waals surface area contributed by atoms with E-state index in [1.165, 1.54) is 71.4 Å². The standard InChI is InChI=1S/C31H36N4O.ClH/c1-20-12-14-23(15-13-20)19-34(24-8-5-6-9-24)31-27-10-7-11-28(27)32-30-29(22(3)33-35(30)31)26-17-16-25(36-4)18-21(26)2;/h12-18,24H,5-11,19H2,1-4H3;1H. The van der Waals surface area contributed by atoms with Crippen LogP contribution in [-0.4, -0.2) is 27.7 Å². The Morgan fingerprint density at radius 1 is 0.973 bits per heavy atom. The van der Waals surface area contributed by atoms with Crippen molar-refractivity contribution >= 4 is 23.9 Å². The molecule has 0 aliphatic heterocycles. The molecule has 1 fully saturated rings. The topological polar surface area (TPSA) is 42.7 Å². The Balaban J connectivity index is 0.00000280. The molecule has 2 aliphatic rings. The van der Waals surface area contributed by atoms with Crippen LogP contribution in [0.4, 0.5) is 5.82 Å². The number of nitrogens with zero attached hydrogens (tertiary/aromatic N) is 4. The van der Waals surface area contributed by atoms with Crippen LogP contribution in [0, 0.1) is 20.8 Å². The lowest BCUT2D eigenvalue weighted by atomic mass is 10.0. The number of aryl methyl sites for hydroxylation is 4. The summed E-state index contributed by atoms with van der Waals surface area (Å²) in [6.45, 7) is 7.35. The summed E-state index contributed by atoms with van der Waals surface area (Å²) in [5.74, 6) is 2.16. The van der Waals surface area contributed by atoms with Crippen molar-refractivity contribution in [2.24, 2.45) is 0 Å². The third kappa shape index (κ3) is 4.59. The van der Waals surface area contributed by atoms with Gasteiger partial charge in [-0.25, -0.2) is 4.98 Å². The first-order chi connectivity index (χ1) is 17.5. The minimum Gasteiger partial charge on any atom is -0.497 e. The summed E-state index contributed by atoms with van der Waals surface area (Å²) in [7, 11) is 1.72. The number of ether oxygens (including phenoxy) is 1. The van der Waals surface area contributed by atoms with Crippen molar-refractivity contribution in [2.45, 2.75) is 78.3 Å². The quantitative estimate of drug-likeness (QED) is 0.272. The molecule has 2 aromatic heterocycles. The number of hydrogen-bond acceptors (Lipinski definition) is 4. The Morgan fingerprint density at radius 2 is 1.73 bits per heavy atom. The highest BCUT2D eigenvalue weighted by atomic mass is 35.5. The molecule has 37 heavy (non-hydrogen) atoms. The van der Waals surface area contributed by atoms with Gasteiger partial charge in [0.25, 0.3) is 0 Å². The average molecular weight is 517 g/mol. The van der Waals surface area contributed by atoms with Gasteiger partial charge < -0.3 is 9.64 Å². The average Bonchev–Trinajstić information content (AvgIpc) is 3.63. The van der Waals surface area contributed by atoms with Crippen molar-refractivity contribution in [3.8, 4) is 16.9 Å². The number of anilines is 1. The van der Waals surface area contributed by atoms with Crippen molar-refractivity contribution in [1.82, 2.24) is 14.6 Å². The predicted molar refractivity (Wildman–Crippen MR) is 153 cm³/mol. The molecule has 0 bridgehead atoms.